The van der Waals surface area contributed by atoms with E-state index in [0.717, 1.165) is 26.0 Å². The highest BCUT2D eigenvalue weighted by Gasteiger charge is 2.35. The maximum absolute atomic E-state index is 12.7. The summed E-state index contributed by atoms with van der Waals surface area (Å²) in [7, 11) is 0. The van der Waals surface area contributed by atoms with Crippen LogP contribution in [0.25, 0.3) is 10.8 Å². The second-order valence-corrected chi connectivity index (χ2v) is 7.59. The molecule has 1 heterocycles. The van der Waals surface area contributed by atoms with Gasteiger partial charge in [0.2, 0.25) is 5.91 Å². The lowest BCUT2D eigenvalue weighted by atomic mass is 9.90. The molecule has 3 unspecified atom stereocenters. The number of benzene rings is 2. The van der Waals surface area contributed by atoms with Gasteiger partial charge in [-0.2, -0.15) is 0 Å². The molecule has 1 saturated heterocycles. The Balaban J connectivity index is 1.42. The molecule has 0 aromatic heterocycles. The van der Waals surface area contributed by atoms with Crippen LogP contribution in [0.2, 0.25) is 0 Å². The Labute approximate surface area is 155 Å². The monoisotopic (exact) mass is 352 g/mol. The molecule has 138 valence electrons. The van der Waals surface area contributed by atoms with E-state index in [-0.39, 0.29) is 11.9 Å². The maximum atomic E-state index is 12.7. The number of nitrogens with one attached hydrogen (secondary N) is 1. The Bertz CT molecular complexity index is 768. The lowest BCUT2D eigenvalue weighted by Gasteiger charge is -2.43. The van der Waals surface area contributed by atoms with E-state index < -0.39 is 0 Å². The molecule has 2 aromatic carbocycles. The van der Waals surface area contributed by atoms with E-state index in [2.05, 4.69) is 53.5 Å². The third kappa shape index (κ3) is 3.62. The molecule has 1 aliphatic heterocycles. The number of rotatable bonds is 4. The highest BCUT2D eigenvalue weighted by molar-refractivity contribution is 5.87. The molecule has 1 saturated carbocycles. The summed E-state index contributed by atoms with van der Waals surface area (Å²) in [6, 6.07) is 15.0. The predicted molar refractivity (Wildman–Crippen MR) is 104 cm³/mol. The lowest BCUT2D eigenvalue weighted by molar-refractivity contribution is -0.130. The van der Waals surface area contributed by atoms with Crippen molar-refractivity contribution in [3.8, 4) is 0 Å². The average molecular weight is 352 g/mol. The Morgan fingerprint density at radius 2 is 2.00 bits per heavy atom. The number of morpholine rings is 1. The van der Waals surface area contributed by atoms with Crippen LogP contribution in [0.5, 0.6) is 0 Å². The fraction of sp³-hybridized carbons (Fsp3) is 0.500. The molecule has 1 amide bonds. The minimum absolute atomic E-state index is 0.00297. The third-order valence-electron chi connectivity index (χ3n) is 5.86. The average Bonchev–Trinajstić information content (AvgIpc) is 2.67. The lowest BCUT2D eigenvalue weighted by Crippen LogP contribution is -2.55. The van der Waals surface area contributed by atoms with Crippen LogP contribution in [-0.4, -0.2) is 42.6 Å². The van der Waals surface area contributed by atoms with Gasteiger partial charge in [0, 0.05) is 12.6 Å². The number of ether oxygens (including phenoxy) is 1. The van der Waals surface area contributed by atoms with Crippen LogP contribution >= 0.6 is 0 Å². The van der Waals surface area contributed by atoms with Crippen LogP contribution in [0.15, 0.2) is 42.5 Å². The quantitative estimate of drug-likeness (QED) is 0.913. The summed E-state index contributed by atoms with van der Waals surface area (Å²) in [4.78, 5) is 15.0. The molecule has 1 aliphatic carbocycles. The van der Waals surface area contributed by atoms with Crippen molar-refractivity contribution in [2.24, 2.45) is 0 Å². The Morgan fingerprint density at radius 1 is 1.19 bits per heavy atom. The molecule has 2 aromatic rings. The van der Waals surface area contributed by atoms with Gasteiger partial charge in [-0.25, -0.2) is 0 Å². The number of carbonyl (C=O) groups excluding carboxylic acids is 1. The summed E-state index contributed by atoms with van der Waals surface area (Å²) in [6.45, 7) is 4.15. The molecule has 4 nitrogen and oxygen atoms in total. The molecule has 2 fully saturated rings. The standard InChI is InChI=1S/C22H28N2O2/c1-16(18-10-6-8-17-7-2-3-9-19(17)18)23-22(25)15-24-13-14-26-21-12-5-4-11-20(21)24/h2-3,6-10,16,20-21H,4-5,11-15H2,1H3,(H,23,25). The van der Waals surface area contributed by atoms with Crippen LogP contribution in [0.3, 0.4) is 0 Å². The molecular weight excluding hydrogens is 324 g/mol. The first-order valence-corrected chi connectivity index (χ1v) is 9.85. The maximum Gasteiger partial charge on any atom is 0.234 e. The second kappa shape index (κ2) is 7.77. The van der Waals surface area contributed by atoms with E-state index in [1.807, 2.05) is 6.07 Å². The summed E-state index contributed by atoms with van der Waals surface area (Å²) >= 11 is 0. The summed E-state index contributed by atoms with van der Waals surface area (Å²) in [5.41, 5.74) is 1.17. The molecule has 2 aliphatic rings. The smallest absolute Gasteiger partial charge is 0.234 e. The molecule has 1 N–H and O–H groups in total. The van der Waals surface area contributed by atoms with Crippen LogP contribution in [0.1, 0.15) is 44.2 Å². The normalized spacial score (nSPS) is 24.8. The van der Waals surface area contributed by atoms with Gasteiger partial charge in [0.1, 0.15) is 0 Å². The molecule has 4 rings (SSSR count). The minimum atomic E-state index is -0.00297. The SMILES string of the molecule is CC(NC(=O)CN1CCOC2CCCCC21)c1cccc2ccccc12. The second-order valence-electron chi connectivity index (χ2n) is 7.59. The van der Waals surface area contributed by atoms with Crippen molar-refractivity contribution in [3.05, 3.63) is 48.0 Å². The van der Waals surface area contributed by atoms with Gasteiger partial charge in [0.05, 0.1) is 25.3 Å². The molecule has 0 spiro atoms. The van der Waals surface area contributed by atoms with E-state index >= 15 is 0 Å². The van der Waals surface area contributed by atoms with Crippen molar-refractivity contribution < 1.29 is 9.53 Å². The first kappa shape index (κ1) is 17.5. The largest absolute Gasteiger partial charge is 0.375 e. The summed E-state index contributed by atoms with van der Waals surface area (Å²) in [6.07, 6.45) is 5.10. The zero-order chi connectivity index (χ0) is 17.9. The van der Waals surface area contributed by atoms with Crippen LogP contribution in [-0.2, 0) is 9.53 Å². The van der Waals surface area contributed by atoms with Gasteiger partial charge in [0.15, 0.2) is 0 Å². The van der Waals surface area contributed by atoms with Gasteiger partial charge in [-0.3, -0.25) is 9.69 Å². The summed E-state index contributed by atoms with van der Waals surface area (Å²) < 4.78 is 5.92. The molecule has 4 heteroatoms. The fourth-order valence-electron chi connectivity index (χ4n) is 4.55. The third-order valence-corrected chi connectivity index (χ3v) is 5.86. The number of amides is 1. The number of hydrogen-bond acceptors (Lipinski definition) is 3. The molecule has 0 radical (unpaired) electrons. The van der Waals surface area contributed by atoms with Crippen molar-refractivity contribution in [1.29, 1.82) is 0 Å². The van der Waals surface area contributed by atoms with Crippen molar-refractivity contribution in [2.75, 3.05) is 19.7 Å². The van der Waals surface area contributed by atoms with E-state index in [1.165, 1.54) is 29.2 Å². The Morgan fingerprint density at radius 3 is 2.92 bits per heavy atom. The van der Waals surface area contributed by atoms with Gasteiger partial charge in [0.25, 0.3) is 0 Å². The number of carbonyl (C=O) groups is 1. The van der Waals surface area contributed by atoms with E-state index in [4.69, 9.17) is 4.74 Å². The van der Waals surface area contributed by atoms with Gasteiger partial charge in [-0.05, 0) is 36.1 Å². The Hall–Kier alpha value is -1.91. The number of fused-ring (bicyclic) bond motifs is 2. The van der Waals surface area contributed by atoms with Crippen molar-refractivity contribution in [2.45, 2.75) is 50.8 Å². The Kier molecular flexibility index (Phi) is 5.23. The predicted octanol–water partition coefficient (Wildman–Crippen LogP) is 3.66. The molecule has 0 bridgehead atoms. The zero-order valence-corrected chi connectivity index (χ0v) is 15.5. The van der Waals surface area contributed by atoms with Crippen LogP contribution in [0, 0.1) is 0 Å². The first-order chi connectivity index (χ1) is 12.7. The zero-order valence-electron chi connectivity index (χ0n) is 15.5. The van der Waals surface area contributed by atoms with Crippen molar-refractivity contribution in [3.63, 3.8) is 0 Å². The number of hydrogen-bond donors (Lipinski definition) is 1. The van der Waals surface area contributed by atoms with Gasteiger partial charge >= 0.3 is 0 Å². The van der Waals surface area contributed by atoms with Gasteiger partial charge in [-0.1, -0.05) is 55.3 Å². The van der Waals surface area contributed by atoms with Gasteiger partial charge < -0.3 is 10.1 Å². The minimum Gasteiger partial charge on any atom is -0.375 e. The van der Waals surface area contributed by atoms with Crippen LogP contribution in [0.4, 0.5) is 0 Å². The topological polar surface area (TPSA) is 41.6 Å². The number of nitrogens with zero attached hydrogens (tertiary/aromatic N) is 1. The molecular formula is C22H28N2O2. The summed E-state index contributed by atoms with van der Waals surface area (Å²) in [5.74, 6) is 0.108. The fourth-order valence-corrected chi connectivity index (χ4v) is 4.55. The highest BCUT2D eigenvalue weighted by Crippen LogP contribution is 2.28. The van der Waals surface area contributed by atoms with Crippen molar-refractivity contribution in [1.82, 2.24) is 10.2 Å². The van der Waals surface area contributed by atoms with E-state index in [1.54, 1.807) is 0 Å². The molecule has 26 heavy (non-hydrogen) atoms. The first-order valence-electron chi connectivity index (χ1n) is 9.85. The van der Waals surface area contributed by atoms with Gasteiger partial charge in [-0.15, -0.1) is 0 Å². The van der Waals surface area contributed by atoms with Crippen LogP contribution < -0.4 is 5.32 Å². The van der Waals surface area contributed by atoms with E-state index in [0.29, 0.717) is 18.7 Å². The molecule has 3 atom stereocenters. The van der Waals surface area contributed by atoms with Crippen molar-refractivity contribution >= 4 is 16.7 Å². The van der Waals surface area contributed by atoms with E-state index in [9.17, 15) is 4.79 Å². The highest BCUT2D eigenvalue weighted by atomic mass is 16.5. The summed E-state index contributed by atoms with van der Waals surface area (Å²) in [5, 5.41) is 5.63.